The third-order valence-corrected chi connectivity index (χ3v) is 4.32. The maximum absolute atomic E-state index is 12.5. The molecule has 0 aliphatic heterocycles. The molecule has 6 heteroatoms. The van der Waals surface area contributed by atoms with Crippen molar-refractivity contribution in [3.05, 3.63) is 65.9 Å². The number of aryl methyl sites for hydroxylation is 1. The summed E-state index contributed by atoms with van der Waals surface area (Å²) in [5.74, 6) is 1.29. The third kappa shape index (κ3) is 4.47. The summed E-state index contributed by atoms with van der Waals surface area (Å²) in [6, 6.07) is 15.6. The first-order valence-electron chi connectivity index (χ1n) is 8.81. The highest BCUT2D eigenvalue weighted by atomic mass is 16.5. The van der Waals surface area contributed by atoms with Crippen molar-refractivity contribution >= 4 is 5.91 Å². The quantitative estimate of drug-likeness (QED) is 0.600. The van der Waals surface area contributed by atoms with E-state index in [4.69, 9.17) is 9.47 Å². The number of hydrogen-bond donors (Lipinski definition) is 2. The van der Waals surface area contributed by atoms with Crippen LogP contribution >= 0.6 is 0 Å². The van der Waals surface area contributed by atoms with Gasteiger partial charge in [0.25, 0.3) is 5.91 Å². The standard InChI is InChI=1S/C21H23N3O3/c1-26-18-11-10-15(13-19(18)27-2)7-6-12-22-21(25)17-14-23-24-20(17)16-8-4-3-5-9-16/h3-5,8-11,13-14H,6-7,12H2,1-2H3,(H,22,25)(H,23,24). The predicted molar refractivity (Wildman–Crippen MR) is 104 cm³/mol. The number of nitrogens with zero attached hydrogens (tertiary/aromatic N) is 1. The second-order valence-corrected chi connectivity index (χ2v) is 6.07. The number of H-pyrrole nitrogens is 1. The number of nitrogens with one attached hydrogen (secondary N) is 2. The van der Waals surface area contributed by atoms with Gasteiger partial charge in [-0.15, -0.1) is 0 Å². The predicted octanol–water partition coefficient (Wildman–Crippen LogP) is 3.46. The molecule has 2 aromatic carbocycles. The molecule has 0 fully saturated rings. The molecule has 0 aliphatic carbocycles. The van der Waals surface area contributed by atoms with Gasteiger partial charge in [0, 0.05) is 12.1 Å². The summed E-state index contributed by atoms with van der Waals surface area (Å²) in [5, 5.41) is 9.89. The highest BCUT2D eigenvalue weighted by Crippen LogP contribution is 2.28. The van der Waals surface area contributed by atoms with E-state index in [0.29, 0.717) is 23.6 Å². The van der Waals surface area contributed by atoms with Gasteiger partial charge in [0.05, 0.1) is 31.7 Å². The fraction of sp³-hybridized carbons (Fsp3) is 0.238. The van der Waals surface area contributed by atoms with Gasteiger partial charge >= 0.3 is 0 Å². The highest BCUT2D eigenvalue weighted by molar-refractivity contribution is 5.99. The third-order valence-electron chi connectivity index (χ3n) is 4.32. The van der Waals surface area contributed by atoms with E-state index < -0.39 is 0 Å². The van der Waals surface area contributed by atoms with E-state index in [9.17, 15) is 4.79 Å². The Morgan fingerprint density at radius 3 is 2.59 bits per heavy atom. The molecule has 3 aromatic rings. The van der Waals surface area contributed by atoms with E-state index in [1.165, 1.54) is 0 Å². The number of amides is 1. The fourth-order valence-electron chi connectivity index (χ4n) is 2.91. The van der Waals surface area contributed by atoms with Crippen LogP contribution in [0.25, 0.3) is 11.3 Å². The Hall–Kier alpha value is -3.28. The molecule has 1 aromatic heterocycles. The molecule has 1 heterocycles. The number of hydrogen-bond acceptors (Lipinski definition) is 4. The smallest absolute Gasteiger partial charge is 0.255 e. The van der Waals surface area contributed by atoms with Crippen LogP contribution in [-0.4, -0.2) is 36.9 Å². The van der Waals surface area contributed by atoms with Gasteiger partial charge in [-0.3, -0.25) is 9.89 Å². The summed E-state index contributed by atoms with van der Waals surface area (Å²) in [6.45, 7) is 0.576. The van der Waals surface area contributed by atoms with Crippen LogP contribution < -0.4 is 14.8 Å². The summed E-state index contributed by atoms with van der Waals surface area (Å²) >= 11 is 0. The molecule has 0 saturated carbocycles. The number of ether oxygens (including phenoxy) is 2. The van der Waals surface area contributed by atoms with Gasteiger partial charge in [0.15, 0.2) is 11.5 Å². The van der Waals surface area contributed by atoms with Gasteiger partial charge in [0.1, 0.15) is 0 Å². The van der Waals surface area contributed by atoms with Gasteiger partial charge < -0.3 is 14.8 Å². The SMILES string of the molecule is COc1ccc(CCCNC(=O)c2cn[nH]c2-c2ccccc2)cc1OC. The van der Waals surface area contributed by atoms with Gasteiger partial charge in [-0.1, -0.05) is 36.4 Å². The van der Waals surface area contributed by atoms with Crippen LogP contribution in [0.1, 0.15) is 22.3 Å². The number of aromatic amines is 1. The van der Waals surface area contributed by atoms with Crippen molar-refractivity contribution in [2.24, 2.45) is 0 Å². The zero-order valence-electron chi connectivity index (χ0n) is 15.5. The topological polar surface area (TPSA) is 76.2 Å². The molecule has 0 radical (unpaired) electrons. The average Bonchev–Trinajstić information content (AvgIpc) is 3.21. The molecule has 0 spiro atoms. The molecule has 6 nitrogen and oxygen atoms in total. The Labute approximate surface area is 158 Å². The van der Waals surface area contributed by atoms with Crippen LogP contribution in [0.4, 0.5) is 0 Å². The monoisotopic (exact) mass is 365 g/mol. The van der Waals surface area contributed by atoms with Crippen LogP contribution in [0.15, 0.2) is 54.7 Å². The second-order valence-electron chi connectivity index (χ2n) is 6.07. The first-order chi connectivity index (χ1) is 13.2. The van der Waals surface area contributed by atoms with E-state index in [-0.39, 0.29) is 5.91 Å². The first-order valence-corrected chi connectivity index (χ1v) is 8.81. The number of aromatic nitrogens is 2. The number of carbonyl (C=O) groups excluding carboxylic acids is 1. The van der Waals surface area contributed by atoms with E-state index in [0.717, 1.165) is 29.7 Å². The lowest BCUT2D eigenvalue weighted by molar-refractivity contribution is 0.0954. The van der Waals surface area contributed by atoms with Crippen molar-refractivity contribution in [3.63, 3.8) is 0 Å². The van der Waals surface area contributed by atoms with E-state index >= 15 is 0 Å². The Balaban J connectivity index is 1.55. The van der Waals surface area contributed by atoms with Gasteiger partial charge in [-0.25, -0.2) is 0 Å². The number of benzene rings is 2. The molecule has 0 saturated heterocycles. The normalized spacial score (nSPS) is 10.4. The summed E-state index contributed by atoms with van der Waals surface area (Å²) in [5.41, 5.74) is 3.35. The average molecular weight is 365 g/mol. The van der Waals surface area contributed by atoms with E-state index in [1.54, 1.807) is 20.4 Å². The van der Waals surface area contributed by atoms with Gasteiger partial charge in [0.2, 0.25) is 0 Å². The van der Waals surface area contributed by atoms with Crippen molar-refractivity contribution in [3.8, 4) is 22.8 Å². The molecule has 0 unspecified atom stereocenters. The van der Waals surface area contributed by atoms with E-state index in [1.807, 2.05) is 48.5 Å². The minimum Gasteiger partial charge on any atom is -0.493 e. The summed E-state index contributed by atoms with van der Waals surface area (Å²) < 4.78 is 10.6. The van der Waals surface area contributed by atoms with Crippen LogP contribution in [0, 0.1) is 0 Å². The van der Waals surface area contributed by atoms with Crippen LogP contribution in [0.2, 0.25) is 0 Å². The zero-order valence-corrected chi connectivity index (χ0v) is 15.5. The second kappa shape index (κ2) is 8.89. The maximum atomic E-state index is 12.5. The molecule has 2 N–H and O–H groups in total. The fourth-order valence-corrected chi connectivity index (χ4v) is 2.91. The first kappa shape index (κ1) is 18.5. The Morgan fingerprint density at radius 2 is 1.85 bits per heavy atom. The number of methoxy groups -OCH3 is 2. The highest BCUT2D eigenvalue weighted by Gasteiger charge is 2.14. The molecule has 27 heavy (non-hydrogen) atoms. The summed E-state index contributed by atoms with van der Waals surface area (Å²) in [7, 11) is 3.24. The Kier molecular flexibility index (Phi) is 6.10. The van der Waals surface area contributed by atoms with Crippen molar-refractivity contribution in [2.45, 2.75) is 12.8 Å². The van der Waals surface area contributed by atoms with Crippen molar-refractivity contribution in [2.75, 3.05) is 20.8 Å². The van der Waals surface area contributed by atoms with Crippen LogP contribution in [0.5, 0.6) is 11.5 Å². The van der Waals surface area contributed by atoms with Gasteiger partial charge in [-0.2, -0.15) is 5.10 Å². The largest absolute Gasteiger partial charge is 0.493 e. The van der Waals surface area contributed by atoms with E-state index in [2.05, 4.69) is 15.5 Å². The zero-order chi connectivity index (χ0) is 19.1. The minimum atomic E-state index is -0.130. The molecule has 3 rings (SSSR count). The van der Waals surface area contributed by atoms with Gasteiger partial charge in [-0.05, 0) is 30.5 Å². The molecule has 0 bridgehead atoms. The van der Waals surface area contributed by atoms with Crippen molar-refractivity contribution in [1.29, 1.82) is 0 Å². The minimum absolute atomic E-state index is 0.130. The summed E-state index contributed by atoms with van der Waals surface area (Å²) in [6.07, 6.45) is 3.21. The molecule has 1 amide bonds. The maximum Gasteiger partial charge on any atom is 0.255 e. The lowest BCUT2D eigenvalue weighted by atomic mass is 10.1. The van der Waals surface area contributed by atoms with Crippen LogP contribution in [0.3, 0.4) is 0 Å². The van der Waals surface area contributed by atoms with Crippen molar-refractivity contribution < 1.29 is 14.3 Å². The Morgan fingerprint density at radius 1 is 1.07 bits per heavy atom. The lowest BCUT2D eigenvalue weighted by Gasteiger charge is -2.10. The summed E-state index contributed by atoms with van der Waals surface area (Å²) in [4.78, 5) is 12.5. The molecule has 140 valence electrons. The lowest BCUT2D eigenvalue weighted by Crippen LogP contribution is -2.25. The molecular formula is C21H23N3O3. The molecule has 0 aliphatic rings. The number of carbonyl (C=O) groups is 1. The molecular weight excluding hydrogens is 342 g/mol. The number of rotatable bonds is 8. The van der Waals surface area contributed by atoms with Crippen molar-refractivity contribution in [1.82, 2.24) is 15.5 Å². The molecule has 0 atom stereocenters. The van der Waals surface area contributed by atoms with Crippen LogP contribution in [-0.2, 0) is 6.42 Å². The Bertz CT molecular complexity index is 891.